The van der Waals surface area contributed by atoms with Crippen molar-refractivity contribution in [2.75, 3.05) is 31.1 Å². The van der Waals surface area contributed by atoms with Crippen LogP contribution in [0.3, 0.4) is 0 Å². The largest absolute Gasteiger partial charge is 0.490 e. The van der Waals surface area contributed by atoms with E-state index >= 15 is 0 Å². The number of alkyl halides is 3. The SMILES string of the molecule is CC(C)N1CCOC2(CCN(C(=O)c3ccsc3)CC2)c2ccccc21.O=C(O)C(F)(F)F. The summed E-state index contributed by atoms with van der Waals surface area (Å²) in [6, 6.07) is 11.0. The molecule has 2 aromatic rings. The molecule has 0 atom stereocenters. The molecule has 180 valence electrons. The Morgan fingerprint density at radius 2 is 1.76 bits per heavy atom. The highest BCUT2D eigenvalue weighted by Crippen LogP contribution is 2.43. The van der Waals surface area contributed by atoms with Gasteiger partial charge in [0.15, 0.2) is 0 Å². The number of aliphatic carboxylic acids is 1. The molecular formula is C23H27F3N2O4S. The molecule has 1 saturated heterocycles. The Morgan fingerprint density at radius 3 is 2.30 bits per heavy atom. The molecule has 1 fully saturated rings. The first-order valence-corrected chi connectivity index (χ1v) is 11.6. The van der Waals surface area contributed by atoms with Gasteiger partial charge in [0.1, 0.15) is 0 Å². The molecular weight excluding hydrogens is 457 g/mol. The molecule has 1 aromatic heterocycles. The number of hydrogen-bond donors (Lipinski definition) is 1. The third kappa shape index (κ3) is 5.67. The van der Waals surface area contributed by atoms with Gasteiger partial charge in [0.05, 0.1) is 17.8 Å². The fraction of sp³-hybridized carbons (Fsp3) is 0.478. The average Bonchev–Trinajstić information content (AvgIpc) is 3.26. The molecule has 0 saturated carbocycles. The Labute approximate surface area is 194 Å². The number of nitrogens with zero attached hydrogens (tertiary/aromatic N) is 2. The van der Waals surface area contributed by atoms with E-state index in [1.807, 2.05) is 21.7 Å². The van der Waals surface area contributed by atoms with Crippen LogP contribution in [-0.2, 0) is 15.1 Å². The van der Waals surface area contributed by atoms with Crippen LogP contribution in [0.5, 0.6) is 0 Å². The molecule has 2 aliphatic heterocycles. The summed E-state index contributed by atoms with van der Waals surface area (Å²) >= 11 is 1.57. The van der Waals surface area contributed by atoms with Gasteiger partial charge in [-0.05, 0) is 44.2 Å². The zero-order valence-electron chi connectivity index (χ0n) is 18.5. The minimum atomic E-state index is -5.08. The van der Waals surface area contributed by atoms with E-state index in [4.69, 9.17) is 14.6 Å². The van der Waals surface area contributed by atoms with Crippen molar-refractivity contribution in [3.8, 4) is 0 Å². The van der Waals surface area contributed by atoms with Crippen LogP contribution >= 0.6 is 11.3 Å². The second kappa shape index (κ2) is 10.1. The van der Waals surface area contributed by atoms with Gasteiger partial charge in [-0.3, -0.25) is 4.79 Å². The van der Waals surface area contributed by atoms with E-state index in [2.05, 4.69) is 43.0 Å². The highest BCUT2D eigenvalue weighted by Gasteiger charge is 2.42. The van der Waals surface area contributed by atoms with Crippen molar-refractivity contribution in [2.45, 2.75) is 44.5 Å². The Bertz CT molecular complexity index is 955. The van der Waals surface area contributed by atoms with Gasteiger partial charge in [-0.25, -0.2) is 4.79 Å². The molecule has 2 aliphatic rings. The molecule has 4 rings (SSSR count). The van der Waals surface area contributed by atoms with Crippen LogP contribution in [0.4, 0.5) is 18.9 Å². The Morgan fingerprint density at radius 1 is 1.12 bits per heavy atom. The number of benzene rings is 1. The molecule has 1 N–H and O–H groups in total. The van der Waals surface area contributed by atoms with Gasteiger partial charge in [0, 0.05) is 42.3 Å². The number of carboxylic acid groups (broad SMARTS) is 1. The molecule has 10 heteroatoms. The first-order chi connectivity index (χ1) is 15.5. The smallest absolute Gasteiger partial charge is 0.475 e. The standard InChI is InChI=1S/C21H26N2O2S.C2HF3O2/c1-16(2)23-12-13-25-21(18-5-3-4-6-19(18)23)8-10-22(11-9-21)20(24)17-7-14-26-15-17;3-2(4,5)1(6)7/h3-7,14-16H,8-13H2,1-2H3;(H,6,7). The monoisotopic (exact) mass is 484 g/mol. The van der Waals surface area contributed by atoms with E-state index < -0.39 is 12.1 Å². The predicted molar refractivity (Wildman–Crippen MR) is 120 cm³/mol. The van der Waals surface area contributed by atoms with E-state index in [-0.39, 0.29) is 11.5 Å². The van der Waals surface area contributed by atoms with E-state index in [1.54, 1.807) is 11.3 Å². The fourth-order valence-corrected chi connectivity index (χ4v) is 4.87. The number of ether oxygens (including phenoxy) is 1. The second-order valence-electron chi connectivity index (χ2n) is 8.25. The maximum absolute atomic E-state index is 12.7. The summed E-state index contributed by atoms with van der Waals surface area (Å²) in [5, 5.41) is 11.0. The number of likely N-dealkylation sites (tertiary alicyclic amines) is 1. The van der Waals surface area contributed by atoms with Crippen molar-refractivity contribution in [3.63, 3.8) is 0 Å². The van der Waals surface area contributed by atoms with Crippen LogP contribution < -0.4 is 4.90 Å². The minimum absolute atomic E-state index is 0.145. The highest BCUT2D eigenvalue weighted by atomic mass is 32.1. The Hall–Kier alpha value is -2.59. The van der Waals surface area contributed by atoms with Crippen LogP contribution in [-0.4, -0.2) is 60.3 Å². The first kappa shape index (κ1) is 25.0. The molecule has 0 unspecified atom stereocenters. The fourth-order valence-electron chi connectivity index (χ4n) is 4.24. The number of halogens is 3. The van der Waals surface area contributed by atoms with Crippen LogP contribution in [0, 0.1) is 0 Å². The molecule has 0 radical (unpaired) electrons. The highest BCUT2D eigenvalue weighted by molar-refractivity contribution is 7.08. The zero-order valence-corrected chi connectivity index (χ0v) is 19.3. The summed E-state index contributed by atoms with van der Waals surface area (Å²) < 4.78 is 38.2. The second-order valence-corrected chi connectivity index (χ2v) is 9.03. The number of hydrogen-bond acceptors (Lipinski definition) is 5. The van der Waals surface area contributed by atoms with Crippen molar-refractivity contribution in [3.05, 3.63) is 52.2 Å². The van der Waals surface area contributed by atoms with Gasteiger partial charge in [-0.15, -0.1) is 0 Å². The number of amides is 1. The summed E-state index contributed by atoms with van der Waals surface area (Å²) in [6.07, 6.45) is -3.38. The normalized spacial score (nSPS) is 17.8. The third-order valence-corrected chi connectivity index (χ3v) is 6.59. The van der Waals surface area contributed by atoms with Crippen LogP contribution in [0.15, 0.2) is 41.1 Å². The third-order valence-electron chi connectivity index (χ3n) is 5.91. The number of carbonyl (C=O) groups is 2. The zero-order chi connectivity index (χ0) is 24.2. The molecule has 0 bridgehead atoms. The number of rotatable bonds is 2. The Balaban J connectivity index is 0.000000383. The maximum atomic E-state index is 12.7. The van der Waals surface area contributed by atoms with E-state index in [0.29, 0.717) is 6.04 Å². The van der Waals surface area contributed by atoms with E-state index in [1.165, 1.54) is 11.3 Å². The Kier molecular flexibility index (Phi) is 7.69. The summed E-state index contributed by atoms with van der Waals surface area (Å²) in [5.41, 5.74) is 3.11. The lowest BCUT2D eigenvalue weighted by Crippen LogP contribution is -2.46. The summed E-state index contributed by atoms with van der Waals surface area (Å²) in [4.78, 5) is 26.0. The lowest BCUT2D eigenvalue weighted by atomic mass is 9.82. The maximum Gasteiger partial charge on any atom is 0.490 e. The van der Waals surface area contributed by atoms with Crippen LogP contribution in [0.25, 0.3) is 0 Å². The lowest BCUT2D eigenvalue weighted by molar-refractivity contribution is -0.192. The molecule has 1 amide bonds. The van der Waals surface area contributed by atoms with Gasteiger partial charge >= 0.3 is 12.1 Å². The number of fused-ring (bicyclic) bond motifs is 2. The van der Waals surface area contributed by atoms with Crippen LogP contribution in [0.1, 0.15) is 42.6 Å². The number of carboxylic acids is 1. The van der Waals surface area contributed by atoms with Crippen molar-refractivity contribution in [1.29, 1.82) is 0 Å². The lowest BCUT2D eigenvalue weighted by Gasteiger charge is -2.42. The summed E-state index contributed by atoms with van der Waals surface area (Å²) in [6.45, 7) is 7.59. The number of carbonyl (C=O) groups excluding carboxylic acids is 1. The van der Waals surface area contributed by atoms with Gasteiger partial charge < -0.3 is 19.6 Å². The molecule has 0 aliphatic carbocycles. The van der Waals surface area contributed by atoms with Crippen molar-refractivity contribution in [1.82, 2.24) is 4.90 Å². The van der Waals surface area contributed by atoms with Crippen molar-refractivity contribution in [2.24, 2.45) is 0 Å². The first-order valence-electron chi connectivity index (χ1n) is 10.7. The number of anilines is 1. The topological polar surface area (TPSA) is 70.1 Å². The summed E-state index contributed by atoms with van der Waals surface area (Å²) in [7, 11) is 0. The molecule has 6 nitrogen and oxygen atoms in total. The van der Waals surface area contributed by atoms with Crippen molar-refractivity contribution >= 4 is 28.9 Å². The quantitative estimate of drug-likeness (QED) is 0.666. The number of piperidine rings is 1. The van der Waals surface area contributed by atoms with E-state index in [9.17, 15) is 18.0 Å². The number of para-hydroxylation sites is 1. The molecule has 1 aromatic carbocycles. The van der Waals surface area contributed by atoms with E-state index in [0.717, 1.165) is 44.6 Å². The van der Waals surface area contributed by atoms with Gasteiger partial charge in [-0.2, -0.15) is 24.5 Å². The molecule has 33 heavy (non-hydrogen) atoms. The predicted octanol–water partition coefficient (Wildman–Crippen LogP) is 4.76. The van der Waals surface area contributed by atoms with Crippen LogP contribution in [0.2, 0.25) is 0 Å². The van der Waals surface area contributed by atoms with Crippen molar-refractivity contribution < 1.29 is 32.6 Å². The molecule has 3 heterocycles. The average molecular weight is 485 g/mol. The van der Waals surface area contributed by atoms with Gasteiger partial charge in [-0.1, -0.05) is 18.2 Å². The van der Waals surface area contributed by atoms with Gasteiger partial charge in [0.2, 0.25) is 0 Å². The minimum Gasteiger partial charge on any atom is -0.475 e. The summed E-state index contributed by atoms with van der Waals surface area (Å²) in [5.74, 6) is -2.61. The number of thiophene rings is 1. The molecule has 1 spiro atoms. The van der Waals surface area contributed by atoms with Gasteiger partial charge in [0.25, 0.3) is 5.91 Å².